The van der Waals surface area contributed by atoms with Crippen LogP contribution in [-0.4, -0.2) is 30.8 Å². The normalized spacial score (nSPS) is 25.5. The van der Waals surface area contributed by atoms with Gasteiger partial charge in [0.25, 0.3) is 0 Å². The molecule has 5 heteroatoms. The summed E-state index contributed by atoms with van der Waals surface area (Å²) in [5, 5.41) is 0. The Bertz CT molecular complexity index is 867. The van der Waals surface area contributed by atoms with Crippen LogP contribution >= 0.6 is 0 Å². The molecule has 32 heavy (non-hydrogen) atoms. The van der Waals surface area contributed by atoms with Gasteiger partial charge in [0.15, 0.2) is 0 Å². The number of rotatable bonds is 9. The Hall–Kier alpha value is -2.57. The summed E-state index contributed by atoms with van der Waals surface area (Å²) in [5.41, 5.74) is 3.00. The lowest BCUT2D eigenvalue weighted by molar-refractivity contribution is -0.288. The fourth-order valence-electron chi connectivity index (χ4n) is 3.85. The molecule has 0 aromatic heterocycles. The Kier molecular flexibility index (Phi) is 8.02. The third-order valence-corrected chi connectivity index (χ3v) is 5.57. The number of benzene rings is 3. The molecule has 0 bridgehead atoms. The minimum atomic E-state index is -1.61. The molecular formula is C27H29FO4. The van der Waals surface area contributed by atoms with E-state index in [1.165, 1.54) is 0 Å². The molecule has 168 valence electrons. The van der Waals surface area contributed by atoms with Gasteiger partial charge in [0.2, 0.25) is 6.36 Å². The van der Waals surface area contributed by atoms with Gasteiger partial charge in [0, 0.05) is 0 Å². The van der Waals surface area contributed by atoms with Crippen molar-refractivity contribution in [3.8, 4) is 0 Å². The monoisotopic (exact) mass is 436 g/mol. The summed E-state index contributed by atoms with van der Waals surface area (Å²) >= 11 is 0. The van der Waals surface area contributed by atoms with Gasteiger partial charge >= 0.3 is 0 Å². The topological polar surface area (TPSA) is 36.9 Å². The van der Waals surface area contributed by atoms with Gasteiger partial charge < -0.3 is 18.9 Å². The van der Waals surface area contributed by atoms with Gasteiger partial charge in [0.05, 0.1) is 25.9 Å². The van der Waals surface area contributed by atoms with Crippen molar-refractivity contribution in [1.82, 2.24) is 0 Å². The molecule has 1 saturated heterocycles. The maximum atomic E-state index is 15.0. The molecule has 0 saturated carbocycles. The largest absolute Gasteiger partial charge is 0.368 e. The van der Waals surface area contributed by atoms with E-state index in [2.05, 4.69) is 0 Å². The Labute approximate surface area is 188 Å². The summed E-state index contributed by atoms with van der Waals surface area (Å²) in [6.45, 7) is 2.79. The van der Waals surface area contributed by atoms with E-state index in [0.717, 1.165) is 16.7 Å². The zero-order valence-corrected chi connectivity index (χ0v) is 18.2. The van der Waals surface area contributed by atoms with Crippen LogP contribution in [0.5, 0.6) is 0 Å². The maximum Gasteiger partial charge on any atom is 0.228 e. The van der Waals surface area contributed by atoms with Crippen molar-refractivity contribution in [3.63, 3.8) is 0 Å². The van der Waals surface area contributed by atoms with Crippen LogP contribution in [-0.2, 0) is 38.8 Å². The number of hydrogen-bond acceptors (Lipinski definition) is 4. The highest BCUT2D eigenvalue weighted by Gasteiger charge is 2.47. The molecule has 0 N–H and O–H groups in total. The number of halogens is 1. The molecule has 0 aliphatic carbocycles. The predicted octanol–water partition coefficient (Wildman–Crippen LogP) is 5.46. The first-order valence-corrected chi connectivity index (χ1v) is 11.0. The first-order valence-electron chi connectivity index (χ1n) is 11.0. The highest BCUT2D eigenvalue weighted by Crippen LogP contribution is 2.30. The molecule has 4 nitrogen and oxygen atoms in total. The fraction of sp³-hybridized carbons (Fsp3) is 0.333. The third kappa shape index (κ3) is 6.02. The minimum Gasteiger partial charge on any atom is -0.368 e. The molecule has 2 unspecified atom stereocenters. The van der Waals surface area contributed by atoms with Crippen molar-refractivity contribution in [1.29, 1.82) is 0 Å². The smallest absolute Gasteiger partial charge is 0.228 e. The van der Waals surface area contributed by atoms with Gasteiger partial charge in [-0.3, -0.25) is 0 Å². The molecule has 0 amide bonds. The van der Waals surface area contributed by atoms with Gasteiger partial charge in [-0.2, -0.15) is 0 Å². The molecule has 4 rings (SSSR count). The molecule has 1 fully saturated rings. The molecule has 3 aromatic rings. The Morgan fingerprint density at radius 1 is 0.594 bits per heavy atom. The SMILES string of the molecule is CC1O[C@H](F)C(OCc2ccccc2)[C@@H](OCc2ccccc2)[C@@H]1OCc1ccccc1. The highest BCUT2D eigenvalue weighted by molar-refractivity contribution is 5.15. The van der Waals surface area contributed by atoms with E-state index >= 15 is 4.39 Å². The quantitative estimate of drug-likeness (QED) is 0.447. The molecule has 1 aliphatic heterocycles. The van der Waals surface area contributed by atoms with Crippen molar-refractivity contribution >= 4 is 0 Å². The summed E-state index contributed by atoms with van der Waals surface area (Å²) < 4.78 is 39.1. The van der Waals surface area contributed by atoms with E-state index in [1.807, 2.05) is 97.9 Å². The molecule has 1 aliphatic rings. The Morgan fingerprint density at radius 2 is 0.969 bits per heavy atom. The fourth-order valence-corrected chi connectivity index (χ4v) is 3.85. The lowest BCUT2D eigenvalue weighted by Gasteiger charge is -2.42. The van der Waals surface area contributed by atoms with Crippen LogP contribution < -0.4 is 0 Å². The van der Waals surface area contributed by atoms with E-state index in [4.69, 9.17) is 18.9 Å². The van der Waals surface area contributed by atoms with Crippen molar-refractivity contribution in [3.05, 3.63) is 108 Å². The predicted molar refractivity (Wildman–Crippen MR) is 121 cm³/mol. The van der Waals surface area contributed by atoms with E-state index < -0.39 is 30.8 Å². The standard InChI is InChI=1S/C27H29FO4/c1-20-24(29-17-21-11-5-2-6-12-21)25(30-18-22-13-7-3-8-14-22)26(27(28)32-20)31-19-23-15-9-4-10-16-23/h2-16,20,24-27H,17-19H2,1H3/t20?,24-,25+,26?,27+/m1/s1. The van der Waals surface area contributed by atoms with Gasteiger partial charge in [0.1, 0.15) is 18.3 Å². The molecule has 0 spiro atoms. The van der Waals surface area contributed by atoms with Crippen LogP contribution in [0.15, 0.2) is 91.0 Å². The number of hydrogen-bond donors (Lipinski definition) is 0. The third-order valence-electron chi connectivity index (χ3n) is 5.57. The number of ether oxygens (including phenoxy) is 4. The molecule has 5 atom stereocenters. The van der Waals surface area contributed by atoms with Crippen LogP contribution in [0.3, 0.4) is 0 Å². The van der Waals surface area contributed by atoms with Crippen molar-refractivity contribution in [2.75, 3.05) is 0 Å². The van der Waals surface area contributed by atoms with Gasteiger partial charge in [-0.05, 0) is 23.6 Å². The van der Waals surface area contributed by atoms with E-state index in [9.17, 15) is 0 Å². The van der Waals surface area contributed by atoms with Gasteiger partial charge in [-0.25, -0.2) is 4.39 Å². The second-order valence-electron chi connectivity index (χ2n) is 7.98. The van der Waals surface area contributed by atoms with Crippen LogP contribution in [0.1, 0.15) is 23.6 Å². The summed E-state index contributed by atoms with van der Waals surface area (Å²) in [6.07, 6.45) is -4.10. The van der Waals surface area contributed by atoms with Crippen molar-refractivity contribution in [2.45, 2.75) is 57.5 Å². The second kappa shape index (κ2) is 11.3. The zero-order valence-electron chi connectivity index (χ0n) is 18.2. The number of alkyl halides is 1. The first kappa shape index (κ1) is 22.6. The highest BCUT2D eigenvalue weighted by atomic mass is 19.1. The van der Waals surface area contributed by atoms with E-state index in [1.54, 1.807) is 0 Å². The second-order valence-corrected chi connectivity index (χ2v) is 7.98. The minimum absolute atomic E-state index is 0.264. The zero-order chi connectivity index (χ0) is 22.2. The summed E-state index contributed by atoms with van der Waals surface area (Å²) in [7, 11) is 0. The van der Waals surface area contributed by atoms with E-state index in [-0.39, 0.29) is 6.61 Å². The average Bonchev–Trinajstić information content (AvgIpc) is 2.83. The maximum absolute atomic E-state index is 15.0. The molecule has 1 heterocycles. The van der Waals surface area contributed by atoms with Crippen LogP contribution in [0.4, 0.5) is 4.39 Å². The first-order chi connectivity index (χ1) is 15.7. The summed E-state index contributed by atoms with van der Waals surface area (Å²) in [6, 6.07) is 29.4. The van der Waals surface area contributed by atoms with Crippen LogP contribution in [0.25, 0.3) is 0 Å². The molecule has 3 aromatic carbocycles. The summed E-state index contributed by atoms with van der Waals surface area (Å²) in [5.74, 6) is 0. The van der Waals surface area contributed by atoms with Crippen molar-refractivity contribution < 1.29 is 23.3 Å². The molecule has 0 radical (unpaired) electrons. The average molecular weight is 437 g/mol. The van der Waals surface area contributed by atoms with E-state index in [0.29, 0.717) is 13.2 Å². The lowest BCUT2D eigenvalue weighted by Crippen LogP contribution is -2.58. The Balaban J connectivity index is 1.50. The lowest BCUT2D eigenvalue weighted by atomic mass is 9.99. The van der Waals surface area contributed by atoms with Gasteiger partial charge in [-0.1, -0.05) is 91.0 Å². The Morgan fingerprint density at radius 3 is 1.41 bits per heavy atom. The summed E-state index contributed by atoms with van der Waals surface area (Å²) in [4.78, 5) is 0. The van der Waals surface area contributed by atoms with Crippen molar-refractivity contribution in [2.24, 2.45) is 0 Å². The van der Waals surface area contributed by atoms with Crippen LogP contribution in [0, 0.1) is 0 Å². The van der Waals surface area contributed by atoms with Gasteiger partial charge in [-0.15, -0.1) is 0 Å². The molecular weight excluding hydrogens is 407 g/mol. The van der Waals surface area contributed by atoms with Crippen LogP contribution in [0.2, 0.25) is 0 Å².